The molecule has 14 heavy (non-hydrogen) atoms. The fourth-order valence-electron chi connectivity index (χ4n) is 0.967. The van der Waals surface area contributed by atoms with Crippen LogP contribution >= 0.6 is 0 Å². The first-order valence-electron chi connectivity index (χ1n) is 4.60. The Bertz CT molecular complexity index is 283. The van der Waals surface area contributed by atoms with E-state index in [1.807, 2.05) is 44.2 Å². The Morgan fingerprint density at radius 1 is 1.36 bits per heavy atom. The van der Waals surface area contributed by atoms with Crippen LogP contribution < -0.4 is 5.32 Å². The second kappa shape index (κ2) is 5.27. The molecule has 0 aliphatic rings. The van der Waals surface area contributed by atoms with Gasteiger partial charge in [0.25, 0.3) is 0 Å². The molecule has 0 spiro atoms. The first-order chi connectivity index (χ1) is 6.68. The molecule has 3 nitrogen and oxygen atoms in total. The van der Waals surface area contributed by atoms with Crippen molar-refractivity contribution >= 4 is 6.09 Å². The fourth-order valence-corrected chi connectivity index (χ4v) is 0.967. The molecule has 1 rings (SSSR count). The quantitative estimate of drug-likeness (QED) is 0.737. The summed E-state index contributed by atoms with van der Waals surface area (Å²) in [7, 11) is 0. The van der Waals surface area contributed by atoms with Crippen LogP contribution in [0.15, 0.2) is 30.3 Å². The van der Waals surface area contributed by atoms with Crippen molar-refractivity contribution < 1.29 is 9.53 Å². The number of carbonyl (C=O) groups excluding carboxylic acids is 1. The van der Waals surface area contributed by atoms with Crippen LogP contribution in [-0.2, 0) is 11.3 Å². The molecule has 0 aliphatic carbocycles. The molecule has 0 aromatic heterocycles. The van der Waals surface area contributed by atoms with Gasteiger partial charge in [0.2, 0.25) is 0 Å². The van der Waals surface area contributed by atoms with E-state index in [1.54, 1.807) is 0 Å². The van der Waals surface area contributed by atoms with E-state index in [4.69, 9.17) is 4.74 Å². The molecule has 0 unspecified atom stereocenters. The first-order valence-corrected chi connectivity index (χ1v) is 4.60. The van der Waals surface area contributed by atoms with Gasteiger partial charge in [-0.05, 0) is 19.4 Å². The van der Waals surface area contributed by atoms with Gasteiger partial charge in [-0.15, -0.1) is 0 Å². The van der Waals surface area contributed by atoms with Gasteiger partial charge in [0, 0.05) is 0 Å². The van der Waals surface area contributed by atoms with Crippen LogP contribution in [0, 0.1) is 0 Å². The van der Waals surface area contributed by atoms with Crippen molar-refractivity contribution in [1.29, 1.82) is 0 Å². The predicted octanol–water partition coefficient (Wildman–Crippen LogP) is 2.34. The van der Waals surface area contributed by atoms with Crippen LogP contribution in [-0.4, -0.2) is 12.1 Å². The van der Waals surface area contributed by atoms with E-state index in [0.717, 1.165) is 5.56 Å². The van der Waals surface area contributed by atoms with Crippen molar-refractivity contribution in [2.45, 2.75) is 26.5 Å². The molecule has 1 aromatic carbocycles. The zero-order valence-corrected chi connectivity index (χ0v) is 8.43. The van der Waals surface area contributed by atoms with Crippen LogP contribution in [0.25, 0.3) is 0 Å². The van der Waals surface area contributed by atoms with Gasteiger partial charge in [-0.3, -0.25) is 0 Å². The second-order valence-corrected chi connectivity index (χ2v) is 3.26. The highest BCUT2D eigenvalue weighted by molar-refractivity contribution is 5.67. The summed E-state index contributed by atoms with van der Waals surface area (Å²) in [6.45, 7) is 3.96. The summed E-state index contributed by atoms with van der Waals surface area (Å²) in [5.74, 6) is 0. The topological polar surface area (TPSA) is 40.4 Å². The maximum atomic E-state index is 11.0. The number of rotatable bonds is 3. The monoisotopic (exact) mass is 192 g/mol. The largest absolute Gasteiger partial charge is 0.443 e. The highest BCUT2D eigenvalue weighted by Crippen LogP contribution is 2.00. The lowest BCUT2D eigenvalue weighted by atomic mass is 10.2. The molecule has 0 aliphatic heterocycles. The standard InChI is InChI=1S/C11H14NO2/c1-9(2)12-11(13)14-8-10-6-4-3-5-7-10/h3-7,9H,8H2,1-2H3. The van der Waals surface area contributed by atoms with Crippen molar-refractivity contribution in [2.75, 3.05) is 0 Å². The van der Waals surface area contributed by atoms with Crippen molar-refractivity contribution in [3.05, 3.63) is 35.9 Å². The molecule has 0 bridgehead atoms. The summed E-state index contributed by atoms with van der Waals surface area (Å²) in [6.07, 6.45) is -0.496. The van der Waals surface area contributed by atoms with Crippen molar-refractivity contribution in [3.8, 4) is 0 Å². The number of benzene rings is 1. The van der Waals surface area contributed by atoms with Crippen LogP contribution in [0.2, 0.25) is 0 Å². The SMILES string of the molecule is CC(C)[N]C(=O)OCc1ccccc1. The zero-order chi connectivity index (χ0) is 10.4. The van der Waals surface area contributed by atoms with Crippen molar-refractivity contribution in [3.63, 3.8) is 0 Å². The van der Waals surface area contributed by atoms with Gasteiger partial charge >= 0.3 is 6.09 Å². The van der Waals surface area contributed by atoms with Crippen LogP contribution in [0.1, 0.15) is 19.4 Å². The molecular formula is C11H14NO2. The van der Waals surface area contributed by atoms with E-state index in [1.165, 1.54) is 0 Å². The van der Waals surface area contributed by atoms with Crippen molar-refractivity contribution in [2.24, 2.45) is 0 Å². The third kappa shape index (κ3) is 3.94. The number of nitrogens with zero attached hydrogens (tertiary/aromatic N) is 1. The highest BCUT2D eigenvalue weighted by Gasteiger charge is 2.05. The molecule has 3 heteroatoms. The summed E-state index contributed by atoms with van der Waals surface area (Å²) in [5, 5.41) is 3.73. The average Bonchev–Trinajstić information content (AvgIpc) is 2.15. The Kier molecular flexibility index (Phi) is 3.98. The van der Waals surface area contributed by atoms with Gasteiger partial charge in [0.05, 0.1) is 6.04 Å². The molecule has 1 amide bonds. The van der Waals surface area contributed by atoms with Crippen LogP contribution in [0.4, 0.5) is 4.79 Å². The molecule has 0 fully saturated rings. The minimum Gasteiger partial charge on any atom is -0.443 e. The highest BCUT2D eigenvalue weighted by atomic mass is 16.5. The molecule has 1 aromatic rings. The third-order valence-corrected chi connectivity index (χ3v) is 1.57. The first kappa shape index (κ1) is 10.6. The Labute approximate surface area is 84.1 Å². The molecule has 0 saturated heterocycles. The molecule has 0 heterocycles. The zero-order valence-electron chi connectivity index (χ0n) is 8.43. The van der Waals surface area contributed by atoms with Crippen molar-refractivity contribution in [1.82, 2.24) is 5.32 Å². The summed E-state index contributed by atoms with van der Waals surface area (Å²) in [4.78, 5) is 11.0. The normalized spacial score (nSPS) is 9.93. The van der Waals surface area contributed by atoms with Gasteiger partial charge in [0.15, 0.2) is 0 Å². The maximum Gasteiger partial charge on any atom is 0.429 e. The maximum absolute atomic E-state index is 11.0. The van der Waals surface area contributed by atoms with Gasteiger partial charge in [-0.25, -0.2) is 10.1 Å². The number of ether oxygens (including phenoxy) is 1. The van der Waals surface area contributed by atoms with E-state index in [9.17, 15) is 4.79 Å². The van der Waals surface area contributed by atoms with E-state index in [2.05, 4.69) is 5.32 Å². The lowest BCUT2D eigenvalue weighted by Gasteiger charge is -2.06. The number of hydrogen-bond donors (Lipinski definition) is 0. The fraction of sp³-hybridized carbons (Fsp3) is 0.364. The minimum atomic E-state index is -0.496. The smallest absolute Gasteiger partial charge is 0.429 e. The lowest BCUT2D eigenvalue weighted by Crippen LogP contribution is -2.23. The molecule has 0 saturated carbocycles. The molecule has 0 atom stereocenters. The Morgan fingerprint density at radius 3 is 2.57 bits per heavy atom. The Hall–Kier alpha value is -1.51. The molecule has 1 radical (unpaired) electrons. The second-order valence-electron chi connectivity index (χ2n) is 3.26. The van der Waals surface area contributed by atoms with E-state index in [0.29, 0.717) is 0 Å². The number of carbonyl (C=O) groups is 1. The molecular weight excluding hydrogens is 178 g/mol. The predicted molar refractivity (Wildman–Crippen MR) is 53.9 cm³/mol. The van der Waals surface area contributed by atoms with E-state index >= 15 is 0 Å². The summed E-state index contributed by atoms with van der Waals surface area (Å²) < 4.78 is 4.93. The number of amides is 1. The van der Waals surface area contributed by atoms with E-state index < -0.39 is 6.09 Å². The number of hydrogen-bond acceptors (Lipinski definition) is 2. The van der Waals surface area contributed by atoms with Crippen LogP contribution in [0.3, 0.4) is 0 Å². The van der Waals surface area contributed by atoms with Gasteiger partial charge < -0.3 is 4.74 Å². The van der Waals surface area contributed by atoms with Gasteiger partial charge in [-0.1, -0.05) is 30.3 Å². The molecule has 75 valence electrons. The molecule has 0 N–H and O–H groups in total. The Morgan fingerprint density at radius 2 is 2.00 bits per heavy atom. The summed E-state index contributed by atoms with van der Waals surface area (Å²) in [5.41, 5.74) is 0.972. The summed E-state index contributed by atoms with van der Waals surface area (Å²) in [6, 6.07) is 9.53. The summed E-state index contributed by atoms with van der Waals surface area (Å²) >= 11 is 0. The minimum absolute atomic E-state index is 0.0155. The Balaban J connectivity index is 2.31. The van der Waals surface area contributed by atoms with E-state index in [-0.39, 0.29) is 12.6 Å². The lowest BCUT2D eigenvalue weighted by molar-refractivity contribution is 0.136. The average molecular weight is 192 g/mol. The van der Waals surface area contributed by atoms with Crippen LogP contribution in [0.5, 0.6) is 0 Å². The third-order valence-electron chi connectivity index (χ3n) is 1.57. The van der Waals surface area contributed by atoms with Gasteiger partial charge in [-0.2, -0.15) is 0 Å². The van der Waals surface area contributed by atoms with Gasteiger partial charge in [0.1, 0.15) is 6.61 Å².